The van der Waals surface area contributed by atoms with E-state index in [-0.39, 0.29) is 5.91 Å². The molecular formula is C26H27N5O. The summed E-state index contributed by atoms with van der Waals surface area (Å²) in [5.41, 5.74) is 5.87. The van der Waals surface area contributed by atoms with Crippen molar-refractivity contribution in [2.75, 3.05) is 18.4 Å². The van der Waals surface area contributed by atoms with Gasteiger partial charge < -0.3 is 10.2 Å². The Hall–Kier alpha value is -3.67. The molecular weight excluding hydrogens is 398 g/mol. The zero-order chi connectivity index (χ0) is 22.1. The Labute approximate surface area is 187 Å². The van der Waals surface area contributed by atoms with E-state index in [0.29, 0.717) is 24.6 Å². The van der Waals surface area contributed by atoms with Gasteiger partial charge in [-0.1, -0.05) is 30.3 Å². The van der Waals surface area contributed by atoms with Crippen molar-refractivity contribution in [2.24, 2.45) is 0 Å². The second-order valence-corrected chi connectivity index (χ2v) is 8.47. The zero-order valence-electron chi connectivity index (χ0n) is 18.5. The normalized spacial score (nSPS) is 14.6. The number of carbonyl (C=O) groups excluding carboxylic acids is 1. The molecule has 32 heavy (non-hydrogen) atoms. The van der Waals surface area contributed by atoms with Crippen LogP contribution in [0.2, 0.25) is 0 Å². The number of anilines is 2. The summed E-state index contributed by atoms with van der Waals surface area (Å²) in [6.07, 6.45) is 3.78. The lowest BCUT2D eigenvalue weighted by Crippen LogP contribution is -2.38. The van der Waals surface area contributed by atoms with Gasteiger partial charge in [0.15, 0.2) is 5.65 Å². The molecule has 2 aromatic heterocycles. The third-order valence-corrected chi connectivity index (χ3v) is 6.52. The number of aromatic nitrogens is 3. The first-order valence-electron chi connectivity index (χ1n) is 11.1. The van der Waals surface area contributed by atoms with E-state index in [1.165, 1.54) is 11.1 Å². The van der Waals surface area contributed by atoms with Gasteiger partial charge in [-0.2, -0.15) is 0 Å². The molecule has 0 unspecified atom stereocenters. The van der Waals surface area contributed by atoms with Gasteiger partial charge in [-0.3, -0.25) is 9.20 Å². The zero-order valence-corrected chi connectivity index (χ0v) is 18.5. The molecule has 1 N–H and O–H groups in total. The van der Waals surface area contributed by atoms with E-state index in [1.807, 2.05) is 59.6 Å². The Bertz CT molecular complexity index is 1270. The van der Waals surface area contributed by atoms with Crippen LogP contribution in [0.4, 0.5) is 11.4 Å². The predicted octanol–water partition coefficient (Wildman–Crippen LogP) is 5.11. The van der Waals surface area contributed by atoms with E-state index in [9.17, 15) is 4.79 Å². The van der Waals surface area contributed by atoms with E-state index in [1.54, 1.807) is 0 Å². The standard InChI is InChI=1S/C26H27N5O/c1-18-8-7-11-22(19(18)2)27-23-10-4-3-9-21(23)26(32)30-16-13-20(14-17-30)25-29-28-24-12-5-6-15-31(24)25/h3-12,15,20,27H,13-14,16-17H2,1-2H3. The van der Waals surface area contributed by atoms with Gasteiger partial charge in [0, 0.05) is 30.9 Å². The number of carbonyl (C=O) groups is 1. The second kappa shape index (κ2) is 8.46. The third-order valence-electron chi connectivity index (χ3n) is 6.52. The summed E-state index contributed by atoms with van der Waals surface area (Å²) in [5, 5.41) is 12.2. The summed E-state index contributed by atoms with van der Waals surface area (Å²) in [6, 6.07) is 19.9. The number of likely N-dealkylation sites (tertiary alicyclic amines) is 1. The lowest BCUT2D eigenvalue weighted by molar-refractivity contribution is 0.0712. The van der Waals surface area contributed by atoms with E-state index >= 15 is 0 Å². The van der Waals surface area contributed by atoms with Gasteiger partial charge in [-0.05, 0) is 68.1 Å². The highest BCUT2D eigenvalue weighted by molar-refractivity contribution is 6.00. The maximum absolute atomic E-state index is 13.4. The molecule has 0 radical (unpaired) electrons. The van der Waals surface area contributed by atoms with Crippen molar-refractivity contribution >= 4 is 22.9 Å². The fraction of sp³-hybridized carbons (Fsp3) is 0.269. The van der Waals surface area contributed by atoms with Crippen molar-refractivity contribution in [1.82, 2.24) is 19.5 Å². The first kappa shape index (κ1) is 20.2. The van der Waals surface area contributed by atoms with Gasteiger partial charge in [0.1, 0.15) is 5.82 Å². The van der Waals surface area contributed by atoms with Crippen molar-refractivity contribution in [3.63, 3.8) is 0 Å². The maximum atomic E-state index is 13.4. The van der Waals surface area contributed by atoms with Crippen molar-refractivity contribution < 1.29 is 4.79 Å². The Kier molecular flexibility index (Phi) is 5.35. The molecule has 1 aliphatic heterocycles. The Morgan fingerprint density at radius 1 is 0.906 bits per heavy atom. The number of aryl methyl sites for hydroxylation is 1. The number of amides is 1. The average Bonchev–Trinajstić information content (AvgIpc) is 3.26. The fourth-order valence-electron chi connectivity index (χ4n) is 4.46. The van der Waals surface area contributed by atoms with Crippen LogP contribution in [-0.4, -0.2) is 38.5 Å². The summed E-state index contributed by atoms with van der Waals surface area (Å²) >= 11 is 0. The van der Waals surface area contributed by atoms with Crippen molar-refractivity contribution in [2.45, 2.75) is 32.6 Å². The predicted molar refractivity (Wildman–Crippen MR) is 127 cm³/mol. The lowest BCUT2D eigenvalue weighted by Gasteiger charge is -2.31. The molecule has 0 bridgehead atoms. The summed E-state index contributed by atoms with van der Waals surface area (Å²) in [5.74, 6) is 1.37. The first-order valence-corrected chi connectivity index (χ1v) is 11.1. The average molecular weight is 426 g/mol. The van der Waals surface area contributed by atoms with Gasteiger partial charge in [0.05, 0.1) is 11.3 Å². The molecule has 1 aliphatic rings. The van der Waals surface area contributed by atoms with Crippen molar-refractivity contribution in [3.8, 4) is 0 Å². The highest BCUT2D eigenvalue weighted by atomic mass is 16.2. The Morgan fingerprint density at radius 2 is 1.66 bits per heavy atom. The quantitative estimate of drug-likeness (QED) is 0.494. The molecule has 3 heterocycles. The highest BCUT2D eigenvalue weighted by Gasteiger charge is 2.28. The number of para-hydroxylation sites is 1. The molecule has 0 aliphatic carbocycles. The second-order valence-electron chi connectivity index (χ2n) is 8.47. The topological polar surface area (TPSA) is 62.5 Å². The molecule has 162 valence electrons. The van der Waals surface area contributed by atoms with Crippen molar-refractivity contribution in [3.05, 3.63) is 89.4 Å². The van der Waals surface area contributed by atoms with E-state index in [2.05, 4.69) is 45.9 Å². The molecule has 2 aromatic carbocycles. The van der Waals surface area contributed by atoms with Gasteiger partial charge in [0.2, 0.25) is 0 Å². The van der Waals surface area contributed by atoms with Gasteiger partial charge >= 0.3 is 0 Å². The maximum Gasteiger partial charge on any atom is 0.255 e. The molecule has 0 saturated carbocycles. The largest absolute Gasteiger partial charge is 0.355 e. The van der Waals surface area contributed by atoms with Crippen LogP contribution in [0.3, 0.4) is 0 Å². The van der Waals surface area contributed by atoms with Crippen LogP contribution < -0.4 is 5.32 Å². The summed E-state index contributed by atoms with van der Waals surface area (Å²) in [6.45, 7) is 5.62. The van der Waals surface area contributed by atoms with Crippen LogP contribution in [0.5, 0.6) is 0 Å². The molecule has 1 fully saturated rings. The van der Waals surface area contributed by atoms with E-state index in [4.69, 9.17) is 0 Å². The van der Waals surface area contributed by atoms with E-state index < -0.39 is 0 Å². The Morgan fingerprint density at radius 3 is 2.50 bits per heavy atom. The molecule has 1 saturated heterocycles. The minimum absolute atomic E-state index is 0.0722. The van der Waals surface area contributed by atoms with Crippen LogP contribution in [0, 0.1) is 13.8 Å². The smallest absolute Gasteiger partial charge is 0.255 e. The summed E-state index contributed by atoms with van der Waals surface area (Å²) in [4.78, 5) is 15.4. The van der Waals surface area contributed by atoms with Gasteiger partial charge in [0.25, 0.3) is 5.91 Å². The molecule has 1 amide bonds. The van der Waals surface area contributed by atoms with E-state index in [0.717, 1.165) is 35.7 Å². The third kappa shape index (κ3) is 3.73. The minimum Gasteiger partial charge on any atom is -0.355 e. The number of piperidine rings is 1. The number of nitrogens with zero attached hydrogens (tertiary/aromatic N) is 4. The Balaban J connectivity index is 1.32. The first-order chi connectivity index (χ1) is 15.6. The lowest BCUT2D eigenvalue weighted by atomic mass is 9.95. The van der Waals surface area contributed by atoms with Crippen LogP contribution in [-0.2, 0) is 0 Å². The molecule has 0 atom stereocenters. The summed E-state index contributed by atoms with van der Waals surface area (Å²) in [7, 11) is 0. The van der Waals surface area contributed by atoms with Gasteiger partial charge in [-0.15, -0.1) is 10.2 Å². The SMILES string of the molecule is Cc1cccc(Nc2ccccc2C(=O)N2CCC(c3nnc4ccccn34)CC2)c1C. The molecule has 6 heteroatoms. The van der Waals surface area contributed by atoms with Crippen LogP contribution in [0.25, 0.3) is 5.65 Å². The number of fused-ring (bicyclic) bond motifs is 1. The van der Waals surface area contributed by atoms with Gasteiger partial charge in [-0.25, -0.2) is 0 Å². The molecule has 4 aromatic rings. The number of hydrogen-bond acceptors (Lipinski definition) is 4. The number of nitrogens with one attached hydrogen (secondary N) is 1. The van der Waals surface area contributed by atoms with Crippen LogP contribution >= 0.6 is 0 Å². The number of hydrogen-bond donors (Lipinski definition) is 1. The monoisotopic (exact) mass is 425 g/mol. The van der Waals surface area contributed by atoms with Crippen LogP contribution in [0.15, 0.2) is 66.9 Å². The number of pyridine rings is 1. The number of benzene rings is 2. The molecule has 0 spiro atoms. The summed E-state index contributed by atoms with van der Waals surface area (Å²) < 4.78 is 2.06. The van der Waals surface area contributed by atoms with Crippen molar-refractivity contribution in [1.29, 1.82) is 0 Å². The fourth-order valence-corrected chi connectivity index (χ4v) is 4.46. The van der Waals surface area contributed by atoms with Crippen LogP contribution in [0.1, 0.15) is 46.1 Å². The molecule has 6 nitrogen and oxygen atoms in total. The minimum atomic E-state index is 0.0722. The molecule has 5 rings (SSSR count). The highest BCUT2D eigenvalue weighted by Crippen LogP contribution is 2.30. The number of rotatable bonds is 4.